The summed E-state index contributed by atoms with van der Waals surface area (Å²) >= 11 is 3.28. The van der Waals surface area contributed by atoms with Gasteiger partial charge in [0, 0.05) is 10.4 Å². The molecule has 10 heavy (non-hydrogen) atoms. The van der Waals surface area contributed by atoms with Crippen LogP contribution in [0.4, 0.5) is 4.39 Å². The molecule has 0 amide bonds. The van der Waals surface area contributed by atoms with Crippen molar-refractivity contribution in [2.24, 2.45) is 5.92 Å². The molecule has 0 fully saturated rings. The van der Waals surface area contributed by atoms with Crippen molar-refractivity contribution in [1.29, 1.82) is 0 Å². The van der Waals surface area contributed by atoms with Crippen molar-refractivity contribution >= 4 is 15.9 Å². The van der Waals surface area contributed by atoms with E-state index in [1.165, 1.54) is 5.57 Å². The summed E-state index contributed by atoms with van der Waals surface area (Å²) < 4.78 is 13.7. The van der Waals surface area contributed by atoms with Gasteiger partial charge in [-0.2, -0.15) is 0 Å². The van der Waals surface area contributed by atoms with Crippen LogP contribution >= 0.6 is 15.9 Å². The van der Waals surface area contributed by atoms with Crippen LogP contribution in [0, 0.1) is 5.92 Å². The zero-order chi connectivity index (χ0) is 7.72. The number of hydrogen-bond donors (Lipinski definition) is 0. The van der Waals surface area contributed by atoms with Crippen molar-refractivity contribution in [1.82, 2.24) is 0 Å². The maximum absolute atomic E-state index is 12.8. The fourth-order valence-corrected chi connectivity index (χ4v) is 1.42. The predicted octanol–water partition coefficient (Wildman–Crippen LogP) is 3.55. The molecule has 1 unspecified atom stereocenters. The van der Waals surface area contributed by atoms with Gasteiger partial charge in [0.2, 0.25) is 0 Å². The van der Waals surface area contributed by atoms with Crippen LogP contribution in [0.5, 0.6) is 0 Å². The molecule has 0 nitrogen and oxygen atoms in total. The number of hydrogen-bond acceptors (Lipinski definition) is 0. The van der Waals surface area contributed by atoms with Crippen molar-refractivity contribution in [2.75, 3.05) is 0 Å². The molecule has 0 heterocycles. The van der Waals surface area contributed by atoms with Crippen LogP contribution < -0.4 is 0 Å². The number of halogens is 2. The zero-order valence-corrected chi connectivity index (χ0v) is 7.70. The van der Waals surface area contributed by atoms with Crippen molar-refractivity contribution < 1.29 is 4.39 Å². The zero-order valence-electron chi connectivity index (χ0n) is 6.12. The van der Waals surface area contributed by atoms with Gasteiger partial charge >= 0.3 is 0 Å². The summed E-state index contributed by atoms with van der Waals surface area (Å²) in [5.74, 6) is 0.0544. The van der Waals surface area contributed by atoms with Gasteiger partial charge in [-0.3, -0.25) is 0 Å². The molecule has 0 saturated carbocycles. The molecular weight excluding hydrogens is 195 g/mol. The van der Waals surface area contributed by atoms with E-state index in [0.29, 0.717) is 0 Å². The Morgan fingerprint density at radius 3 is 2.80 bits per heavy atom. The quantitative estimate of drug-likeness (QED) is 0.567. The number of rotatable bonds is 0. The molecule has 1 aliphatic rings. The normalized spacial score (nSPS) is 26.8. The summed E-state index contributed by atoms with van der Waals surface area (Å²) in [6.45, 7) is 3.91. The molecule has 0 aliphatic heterocycles. The van der Waals surface area contributed by atoms with E-state index in [9.17, 15) is 4.39 Å². The van der Waals surface area contributed by atoms with Crippen molar-refractivity contribution in [2.45, 2.75) is 20.3 Å². The molecule has 1 rings (SSSR count). The van der Waals surface area contributed by atoms with Gasteiger partial charge in [-0.25, -0.2) is 4.39 Å². The van der Waals surface area contributed by atoms with E-state index >= 15 is 0 Å². The summed E-state index contributed by atoms with van der Waals surface area (Å²) in [6, 6.07) is 0. The summed E-state index contributed by atoms with van der Waals surface area (Å²) in [6.07, 6.45) is 2.40. The highest BCUT2D eigenvalue weighted by molar-refractivity contribution is 9.11. The second-order valence-electron chi connectivity index (χ2n) is 2.76. The molecule has 1 aliphatic carbocycles. The third-order valence-electron chi connectivity index (χ3n) is 1.76. The molecule has 0 aromatic heterocycles. The van der Waals surface area contributed by atoms with Gasteiger partial charge < -0.3 is 0 Å². The van der Waals surface area contributed by atoms with E-state index < -0.39 is 0 Å². The van der Waals surface area contributed by atoms with Gasteiger partial charge in [0.15, 0.2) is 0 Å². The fourth-order valence-electron chi connectivity index (χ4n) is 1.04. The van der Waals surface area contributed by atoms with Crippen LogP contribution in [0.3, 0.4) is 0 Å². The summed E-state index contributed by atoms with van der Waals surface area (Å²) in [4.78, 5) is 0. The van der Waals surface area contributed by atoms with Gasteiger partial charge in [0.25, 0.3) is 0 Å². The van der Waals surface area contributed by atoms with Crippen molar-refractivity contribution in [3.05, 3.63) is 22.0 Å². The lowest BCUT2D eigenvalue weighted by Gasteiger charge is -2.15. The Labute approximate surface area is 68.9 Å². The van der Waals surface area contributed by atoms with E-state index in [1.54, 1.807) is 6.08 Å². The monoisotopic (exact) mass is 204 g/mol. The lowest BCUT2D eigenvalue weighted by molar-refractivity contribution is 0.482. The number of allylic oxidation sites excluding steroid dienone is 4. The minimum atomic E-state index is -0.0162. The molecule has 0 N–H and O–H groups in total. The average Bonchev–Trinajstić information content (AvgIpc) is 1.84. The van der Waals surface area contributed by atoms with E-state index in [1.807, 2.05) is 13.8 Å². The predicted molar refractivity (Wildman–Crippen MR) is 44.6 cm³/mol. The molecular formula is C8H10BrF. The van der Waals surface area contributed by atoms with E-state index in [-0.39, 0.29) is 11.7 Å². The SMILES string of the molecule is CC1=C(Br)C=C(F)C(C)C1. The van der Waals surface area contributed by atoms with Gasteiger partial charge in [0.05, 0.1) is 0 Å². The maximum atomic E-state index is 12.8. The van der Waals surface area contributed by atoms with Crippen LogP contribution in [-0.2, 0) is 0 Å². The lowest BCUT2D eigenvalue weighted by atomic mass is 9.96. The van der Waals surface area contributed by atoms with Crippen LogP contribution in [-0.4, -0.2) is 0 Å². The topological polar surface area (TPSA) is 0 Å². The second-order valence-corrected chi connectivity index (χ2v) is 3.62. The summed E-state index contributed by atoms with van der Waals surface area (Å²) in [5, 5.41) is 0. The minimum Gasteiger partial charge on any atom is -0.211 e. The third kappa shape index (κ3) is 1.48. The molecule has 56 valence electrons. The molecule has 0 saturated heterocycles. The Hall–Kier alpha value is -0.110. The highest BCUT2D eigenvalue weighted by Gasteiger charge is 2.15. The Kier molecular flexibility index (Phi) is 2.29. The van der Waals surface area contributed by atoms with Gasteiger partial charge in [0.1, 0.15) is 5.83 Å². The van der Waals surface area contributed by atoms with E-state index in [2.05, 4.69) is 15.9 Å². The van der Waals surface area contributed by atoms with Gasteiger partial charge in [-0.15, -0.1) is 0 Å². The van der Waals surface area contributed by atoms with Gasteiger partial charge in [-0.05, 0) is 19.4 Å². The first-order valence-corrected chi connectivity index (χ1v) is 4.13. The molecule has 2 heteroatoms. The van der Waals surface area contributed by atoms with Gasteiger partial charge in [-0.1, -0.05) is 28.4 Å². The minimum absolute atomic E-state index is 0.0162. The first-order chi connectivity index (χ1) is 4.61. The first kappa shape index (κ1) is 7.99. The van der Waals surface area contributed by atoms with Crippen LogP contribution in [0.2, 0.25) is 0 Å². The molecule has 0 spiro atoms. The van der Waals surface area contributed by atoms with Crippen LogP contribution in [0.25, 0.3) is 0 Å². The lowest BCUT2D eigenvalue weighted by Crippen LogP contribution is -2.01. The molecule has 0 aromatic rings. The van der Waals surface area contributed by atoms with Crippen molar-refractivity contribution in [3.63, 3.8) is 0 Å². The average molecular weight is 205 g/mol. The smallest absolute Gasteiger partial charge is 0.104 e. The molecule has 0 radical (unpaired) electrons. The van der Waals surface area contributed by atoms with E-state index in [0.717, 1.165) is 10.9 Å². The van der Waals surface area contributed by atoms with Crippen molar-refractivity contribution in [3.8, 4) is 0 Å². The largest absolute Gasteiger partial charge is 0.211 e. The summed E-state index contributed by atoms with van der Waals surface area (Å²) in [5.41, 5.74) is 1.23. The third-order valence-corrected chi connectivity index (χ3v) is 2.66. The molecule has 1 atom stereocenters. The molecule has 0 bridgehead atoms. The Morgan fingerprint density at radius 2 is 2.30 bits per heavy atom. The van der Waals surface area contributed by atoms with E-state index in [4.69, 9.17) is 0 Å². The Balaban J connectivity index is 2.88. The maximum Gasteiger partial charge on any atom is 0.104 e. The fraction of sp³-hybridized carbons (Fsp3) is 0.500. The second kappa shape index (κ2) is 2.87. The summed E-state index contributed by atoms with van der Waals surface area (Å²) in [7, 11) is 0. The Morgan fingerprint density at radius 1 is 1.70 bits per heavy atom. The van der Waals surface area contributed by atoms with Crippen LogP contribution in [0.15, 0.2) is 22.0 Å². The first-order valence-electron chi connectivity index (χ1n) is 3.33. The standard InChI is InChI=1S/C8H10BrF/c1-5-3-6(2)8(10)4-7(5)9/h4,6H,3H2,1-2H3. The highest BCUT2D eigenvalue weighted by Crippen LogP contribution is 2.31. The van der Waals surface area contributed by atoms with Crippen LogP contribution in [0.1, 0.15) is 20.3 Å². The highest BCUT2D eigenvalue weighted by atomic mass is 79.9. The Bertz CT molecular complexity index is 203. The molecule has 0 aromatic carbocycles.